The van der Waals surface area contributed by atoms with Gasteiger partial charge in [-0.2, -0.15) is 8.78 Å². The number of alkyl halides is 5. The lowest BCUT2D eigenvalue weighted by atomic mass is 10.1. The van der Waals surface area contributed by atoms with E-state index < -0.39 is 31.1 Å². The molecule has 0 aromatic carbocycles. The van der Waals surface area contributed by atoms with Gasteiger partial charge in [0.2, 0.25) is 0 Å². The molecule has 0 heterocycles. The summed E-state index contributed by atoms with van der Waals surface area (Å²) in [5.74, 6) is -5.80. The van der Waals surface area contributed by atoms with Crippen LogP contribution in [0.2, 0.25) is 0 Å². The number of hydrogen-bond acceptors (Lipinski definition) is 2. The SMILES string of the molecule is CC(F)C(F)(F)CC(=O)OC(F)F. The molecular weight excluding hydrogens is 199 g/mol. The van der Waals surface area contributed by atoms with Crippen LogP contribution in [0.1, 0.15) is 13.3 Å². The van der Waals surface area contributed by atoms with Gasteiger partial charge in [0.25, 0.3) is 5.92 Å². The van der Waals surface area contributed by atoms with Gasteiger partial charge in [0.15, 0.2) is 6.17 Å². The molecule has 0 saturated carbocycles. The first kappa shape index (κ1) is 12.1. The van der Waals surface area contributed by atoms with Crippen LogP contribution in [0.25, 0.3) is 0 Å². The van der Waals surface area contributed by atoms with Crippen LogP contribution >= 0.6 is 0 Å². The van der Waals surface area contributed by atoms with E-state index in [1.54, 1.807) is 0 Å². The van der Waals surface area contributed by atoms with Crippen molar-refractivity contribution in [3.8, 4) is 0 Å². The number of esters is 1. The average molecular weight is 206 g/mol. The van der Waals surface area contributed by atoms with E-state index in [-0.39, 0.29) is 0 Å². The van der Waals surface area contributed by atoms with Crippen LogP contribution in [0.3, 0.4) is 0 Å². The first-order valence-corrected chi connectivity index (χ1v) is 3.25. The highest BCUT2D eigenvalue weighted by atomic mass is 19.3. The smallest absolute Gasteiger partial charge is 0.389 e. The molecule has 0 aliphatic heterocycles. The van der Waals surface area contributed by atoms with Gasteiger partial charge in [-0.1, -0.05) is 0 Å². The molecule has 0 rings (SSSR count). The predicted molar refractivity (Wildman–Crippen MR) is 32.2 cm³/mol. The maximum Gasteiger partial charge on any atom is 0.389 e. The molecule has 0 amide bonds. The minimum atomic E-state index is -3.97. The Hall–Kier alpha value is -0.880. The number of carbonyl (C=O) groups is 1. The van der Waals surface area contributed by atoms with Crippen LogP contribution in [0.5, 0.6) is 0 Å². The Morgan fingerprint density at radius 2 is 1.85 bits per heavy atom. The van der Waals surface area contributed by atoms with Gasteiger partial charge in [-0.3, -0.25) is 4.79 Å². The Kier molecular flexibility index (Phi) is 4.09. The fraction of sp³-hybridized carbons (Fsp3) is 0.833. The van der Waals surface area contributed by atoms with Crippen LogP contribution in [-0.4, -0.2) is 24.7 Å². The lowest BCUT2D eigenvalue weighted by Gasteiger charge is -2.15. The maximum atomic E-state index is 12.3. The molecule has 0 fully saturated rings. The summed E-state index contributed by atoms with van der Waals surface area (Å²) < 4.78 is 62.4. The molecule has 7 heteroatoms. The Labute approximate surface area is 70.7 Å². The summed E-state index contributed by atoms with van der Waals surface area (Å²) >= 11 is 0. The van der Waals surface area contributed by atoms with Crippen LogP contribution in [0.15, 0.2) is 0 Å². The van der Waals surface area contributed by atoms with Crippen molar-refractivity contribution in [2.75, 3.05) is 0 Å². The van der Waals surface area contributed by atoms with Crippen molar-refractivity contribution in [3.05, 3.63) is 0 Å². The van der Waals surface area contributed by atoms with E-state index in [1.165, 1.54) is 0 Å². The standard InChI is InChI=1S/C6H7F5O2/c1-3(7)6(10,11)2-4(12)13-5(8)9/h3,5H,2H2,1H3. The van der Waals surface area contributed by atoms with Crippen molar-refractivity contribution in [1.82, 2.24) is 0 Å². The summed E-state index contributed by atoms with van der Waals surface area (Å²) in [6.07, 6.45) is -4.27. The molecule has 1 unspecified atom stereocenters. The van der Waals surface area contributed by atoms with Gasteiger partial charge >= 0.3 is 12.6 Å². The number of carbonyl (C=O) groups excluding carboxylic acids is 1. The average Bonchev–Trinajstić information content (AvgIpc) is 1.82. The topological polar surface area (TPSA) is 26.3 Å². The highest BCUT2D eigenvalue weighted by Crippen LogP contribution is 2.25. The summed E-state index contributed by atoms with van der Waals surface area (Å²) in [7, 11) is 0. The van der Waals surface area contributed by atoms with Crippen LogP contribution < -0.4 is 0 Å². The fourth-order valence-electron chi connectivity index (χ4n) is 0.474. The van der Waals surface area contributed by atoms with Gasteiger partial charge in [-0.25, -0.2) is 13.2 Å². The summed E-state index contributed by atoms with van der Waals surface area (Å²) in [5.41, 5.74) is 0. The Bertz CT molecular complexity index is 180. The molecule has 0 aliphatic rings. The van der Waals surface area contributed by atoms with E-state index in [0.29, 0.717) is 6.92 Å². The number of ether oxygens (including phenoxy) is 1. The number of halogens is 5. The molecule has 0 aromatic rings. The fourth-order valence-corrected chi connectivity index (χ4v) is 0.474. The zero-order valence-electron chi connectivity index (χ0n) is 6.57. The molecule has 2 nitrogen and oxygen atoms in total. The lowest BCUT2D eigenvalue weighted by Crippen LogP contribution is -2.31. The van der Waals surface area contributed by atoms with E-state index in [4.69, 9.17) is 0 Å². The molecule has 0 aliphatic carbocycles. The number of hydrogen-bond donors (Lipinski definition) is 0. The molecular formula is C6H7F5O2. The molecule has 78 valence electrons. The van der Waals surface area contributed by atoms with Gasteiger partial charge < -0.3 is 4.74 Å². The molecule has 0 spiro atoms. The highest BCUT2D eigenvalue weighted by Gasteiger charge is 2.40. The van der Waals surface area contributed by atoms with Gasteiger partial charge in [0, 0.05) is 0 Å². The third kappa shape index (κ3) is 4.64. The summed E-state index contributed by atoms with van der Waals surface area (Å²) in [5, 5.41) is 0. The molecule has 0 bridgehead atoms. The first-order valence-electron chi connectivity index (χ1n) is 3.25. The first-order chi connectivity index (χ1) is 5.75. The van der Waals surface area contributed by atoms with Gasteiger partial charge in [-0.15, -0.1) is 0 Å². The molecule has 0 N–H and O–H groups in total. The maximum absolute atomic E-state index is 12.3. The summed E-state index contributed by atoms with van der Waals surface area (Å²) in [6, 6.07) is 0. The zero-order chi connectivity index (χ0) is 10.6. The van der Waals surface area contributed by atoms with Crippen LogP contribution in [0, 0.1) is 0 Å². The molecule has 0 saturated heterocycles. The van der Waals surface area contributed by atoms with Crippen molar-refractivity contribution in [2.24, 2.45) is 0 Å². The molecule has 0 radical (unpaired) electrons. The second-order valence-corrected chi connectivity index (χ2v) is 2.30. The second kappa shape index (κ2) is 4.38. The van der Waals surface area contributed by atoms with Crippen molar-refractivity contribution in [2.45, 2.75) is 32.1 Å². The lowest BCUT2D eigenvalue weighted by molar-refractivity contribution is -0.185. The van der Waals surface area contributed by atoms with Gasteiger partial charge in [0.1, 0.15) is 6.42 Å². The van der Waals surface area contributed by atoms with Gasteiger partial charge in [0.05, 0.1) is 0 Å². The van der Waals surface area contributed by atoms with Crippen molar-refractivity contribution >= 4 is 5.97 Å². The Balaban J connectivity index is 4.05. The minimum absolute atomic E-state index is 0.523. The second-order valence-electron chi connectivity index (χ2n) is 2.30. The van der Waals surface area contributed by atoms with Crippen molar-refractivity contribution < 1.29 is 31.5 Å². The largest absolute Gasteiger partial charge is 0.403 e. The highest BCUT2D eigenvalue weighted by molar-refractivity contribution is 5.70. The van der Waals surface area contributed by atoms with E-state index >= 15 is 0 Å². The Morgan fingerprint density at radius 3 is 2.15 bits per heavy atom. The minimum Gasteiger partial charge on any atom is -0.403 e. The Morgan fingerprint density at radius 1 is 1.38 bits per heavy atom. The third-order valence-electron chi connectivity index (χ3n) is 1.18. The molecule has 13 heavy (non-hydrogen) atoms. The van der Waals surface area contributed by atoms with E-state index in [0.717, 1.165) is 0 Å². The zero-order valence-corrected chi connectivity index (χ0v) is 6.57. The normalized spacial score (nSPS) is 14.4. The van der Waals surface area contributed by atoms with Crippen LogP contribution in [-0.2, 0) is 9.53 Å². The van der Waals surface area contributed by atoms with Gasteiger partial charge in [-0.05, 0) is 6.92 Å². The predicted octanol–water partition coefficient (Wildman–Crippen LogP) is 2.14. The summed E-state index contributed by atoms with van der Waals surface area (Å²) in [6.45, 7) is -2.94. The van der Waals surface area contributed by atoms with Crippen molar-refractivity contribution in [1.29, 1.82) is 0 Å². The summed E-state index contributed by atoms with van der Waals surface area (Å²) in [4.78, 5) is 10.2. The quantitative estimate of drug-likeness (QED) is 0.520. The monoisotopic (exact) mass is 206 g/mol. The number of rotatable bonds is 4. The van der Waals surface area contributed by atoms with E-state index in [2.05, 4.69) is 4.74 Å². The molecule has 1 atom stereocenters. The van der Waals surface area contributed by atoms with E-state index in [9.17, 15) is 26.7 Å². The molecule has 0 aromatic heterocycles. The van der Waals surface area contributed by atoms with Crippen LogP contribution in [0.4, 0.5) is 22.0 Å². The van der Waals surface area contributed by atoms with Crippen molar-refractivity contribution in [3.63, 3.8) is 0 Å². The third-order valence-corrected chi connectivity index (χ3v) is 1.18. The van der Waals surface area contributed by atoms with E-state index in [1.807, 2.05) is 0 Å².